The van der Waals surface area contributed by atoms with Crippen molar-refractivity contribution >= 4 is 11.8 Å². The number of aromatic nitrogens is 2. The highest BCUT2D eigenvalue weighted by atomic mass is 16.6. The number of ether oxygens (including phenoxy) is 1. The van der Waals surface area contributed by atoms with Crippen LogP contribution in [-0.2, 0) is 9.53 Å². The number of nitrogens with one attached hydrogen (secondary N) is 1. The van der Waals surface area contributed by atoms with E-state index in [2.05, 4.69) is 14.9 Å². The summed E-state index contributed by atoms with van der Waals surface area (Å²) in [4.78, 5) is 20.5. The molecule has 8 heteroatoms. The van der Waals surface area contributed by atoms with E-state index in [1.165, 1.54) is 7.11 Å². The maximum Gasteiger partial charge on any atom is 0.348 e. The van der Waals surface area contributed by atoms with Crippen molar-refractivity contribution in [3.63, 3.8) is 0 Å². The number of aromatic amines is 1. The van der Waals surface area contributed by atoms with Crippen LogP contribution in [0.5, 0.6) is 0 Å². The van der Waals surface area contributed by atoms with Crippen LogP contribution in [-0.4, -0.2) is 33.3 Å². The largest absolute Gasteiger partial charge is 0.469 e. The quantitative estimate of drug-likeness (QED) is 0.411. The number of H-pyrrole nitrogens is 1. The summed E-state index contributed by atoms with van der Waals surface area (Å²) in [5.74, 6) is -1.08. The van der Waals surface area contributed by atoms with E-state index in [0.717, 1.165) is 6.20 Å². The topological polar surface area (TPSA) is 118 Å². The highest BCUT2D eigenvalue weighted by Gasteiger charge is 2.24. The van der Waals surface area contributed by atoms with Gasteiger partial charge < -0.3 is 20.0 Å². The molecule has 1 atom stereocenters. The van der Waals surface area contributed by atoms with E-state index >= 15 is 0 Å². The third-order valence-electron chi connectivity index (χ3n) is 1.78. The molecule has 0 amide bonds. The van der Waals surface area contributed by atoms with Gasteiger partial charge in [-0.05, 0) is 4.92 Å². The molecular weight excluding hydrogens is 206 g/mol. The minimum atomic E-state index is -1.29. The Morgan fingerprint density at radius 3 is 3.07 bits per heavy atom. The molecule has 0 radical (unpaired) electrons. The fourth-order valence-corrected chi connectivity index (χ4v) is 1.03. The van der Waals surface area contributed by atoms with Crippen LogP contribution in [0.1, 0.15) is 18.1 Å². The number of nitro groups is 1. The maximum absolute atomic E-state index is 10.8. The van der Waals surface area contributed by atoms with Crippen LogP contribution in [0.3, 0.4) is 0 Å². The molecule has 2 N–H and O–H groups in total. The van der Waals surface area contributed by atoms with Crippen LogP contribution in [0.2, 0.25) is 0 Å². The summed E-state index contributed by atoms with van der Waals surface area (Å²) in [7, 11) is 1.17. The van der Waals surface area contributed by atoms with Crippen LogP contribution in [0.4, 0.5) is 5.82 Å². The number of aliphatic hydroxyl groups is 1. The number of nitrogens with zero attached hydrogens (tertiary/aromatic N) is 2. The fourth-order valence-electron chi connectivity index (χ4n) is 1.03. The monoisotopic (exact) mass is 215 g/mol. The van der Waals surface area contributed by atoms with Gasteiger partial charge in [0.05, 0.1) is 31.4 Å². The van der Waals surface area contributed by atoms with Crippen LogP contribution >= 0.6 is 0 Å². The average Bonchev–Trinajstić information content (AvgIpc) is 2.65. The predicted octanol–water partition coefficient (Wildman–Crippen LogP) is -0.0856. The number of methoxy groups -OCH3 is 1. The lowest BCUT2D eigenvalue weighted by molar-refractivity contribution is -0.390. The first kappa shape index (κ1) is 11.1. The number of hydrogen-bond acceptors (Lipinski definition) is 6. The van der Waals surface area contributed by atoms with Gasteiger partial charge in [0, 0.05) is 0 Å². The van der Waals surface area contributed by atoms with E-state index < -0.39 is 22.8 Å². The molecule has 1 aromatic heterocycles. The Morgan fingerprint density at radius 1 is 1.87 bits per heavy atom. The van der Waals surface area contributed by atoms with Crippen molar-refractivity contribution < 1.29 is 19.6 Å². The van der Waals surface area contributed by atoms with Gasteiger partial charge in [-0.25, -0.2) is 0 Å². The molecular formula is C7H9N3O5. The molecule has 0 aliphatic heterocycles. The molecule has 82 valence electrons. The van der Waals surface area contributed by atoms with E-state index in [1.807, 2.05) is 0 Å². The molecule has 0 fully saturated rings. The highest BCUT2D eigenvalue weighted by Crippen LogP contribution is 2.24. The Kier molecular flexibility index (Phi) is 3.34. The van der Waals surface area contributed by atoms with Crippen molar-refractivity contribution in [3.05, 3.63) is 21.9 Å². The first-order chi connectivity index (χ1) is 7.06. The highest BCUT2D eigenvalue weighted by molar-refractivity contribution is 5.70. The minimum absolute atomic E-state index is 0.0367. The minimum Gasteiger partial charge on any atom is -0.469 e. The number of hydrogen-bond donors (Lipinski definition) is 2. The second-order valence-corrected chi connectivity index (χ2v) is 2.73. The molecule has 0 unspecified atom stereocenters. The third-order valence-corrected chi connectivity index (χ3v) is 1.78. The van der Waals surface area contributed by atoms with Gasteiger partial charge in [0.25, 0.3) is 0 Å². The smallest absolute Gasteiger partial charge is 0.348 e. The van der Waals surface area contributed by atoms with Crippen LogP contribution in [0, 0.1) is 10.1 Å². The van der Waals surface area contributed by atoms with Gasteiger partial charge in [0.1, 0.15) is 0 Å². The number of aliphatic hydroxyl groups excluding tert-OH is 1. The summed E-state index contributed by atoms with van der Waals surface area (Å²) >= 11 is 0. The Balaban J connectivity index is 2.81. The number of rotatable bonds is 4. The molecule has 0 spiro atoms. The Labute approximate surface area is 84.0 Å². The van der Waals surface area contributed by atoms with E-state index in [0.29, 0.717) is 0 Å². The van der Waals surface area contributed by atoms with Gasteiger partial charge >= 0.3 is 11.8 Å². The summed E-state index contributed by atoms with van der Waals surface area (Å²) in [6.45, 7) is 0. The molecule has 0 aliphatic carbocycles. The molecule has 15 heavy (non-hydrogen) atoms. The van der Waals surface area contributed by atoms with Crippen LogP contribution < -0.4 is 0 Å². The number of carbonyl (C=O) groups is 1. The summed E-state index contributed by atoms with van der Waals surface area (Å²) in [6.07, 6.45) is -0.542. The molecule has 0 saturated carbocycles. The lowest BCUT2D eigenvalue weighted by Gasteiger charge is -2.05. The van der Waals surface area contributed by atoms with Crippen molar-refractivity contribution in [2.45, 2.75) is 12.5 Å². The molecule has 0 aliphatic rings. The van der Waals surface area contributed by atoms with E-state index in [4.69, 9.17) is 0 Å². The number of esters is 1. The van der Waals surface area contributed by atoms with Crippen molar-refractivity contribution in [1.29, 1.82) is 0 Å². The zero-order valence-corrected chi connectivity index (χ0v) is 7.84. The van der Waals surface area contributed by atoms with Crippen molar-refractivity contribution in [2.75, 3.05) is 7.11 Å². The second-order valence-electron chi connectivity index (χ2n) is 2.73. The first-order valence-corrected chi connectivity index (χ1v) is 3.98. The number of carbonyl (C=O) groups excluding carboxylic acids is 1. The molecule has 0 saturated heterocycles. The molecule has 1 heterocycles. The van der Waals surface area contributed by atoms with Crippen molar-refractivity contribution in [3.8, 4) is 0 Å². The molecule has 1 aromatic rings. The fraction of sp³-hybridized carbons (Fsp3) is 0.429. The SMILES string of the molecule is COC(=O)C[C@H](O)c1cn[nH]c1[N+](=O)[O-]. The standard InChI is InChI=1S/C7H9N3O5/c1-15-6(12)2-5(11)4-3-8-9-7(4)10(13)14/h3,5,11H,2H2,1H3,(H,8,9)/t5-/m0/s1. The summed E-state index contributed by atoms with van der Waals surface area (Å²) in [5.41, 5.74) is -0.0367. The summed E-state index contributed by atoms with van der Waals surface area (Å²) < 4.78 is 4.32. The van der Waals surface area contributed by atoms with Gasteiger partial charge in [-0.3, -0.25) is 4.79 Å². The van der Waals surface area contributed by atoms with Crippen molar-refractivity contribution in [2.24, 2.45) is 0 Å². The third kappa shape index (κ3) is 2.50. The summed E-state index contributed by atoms with van der Waals surface area (Å²) in [5, 5.41) is 25.5. The molecule has 8 nitrogen and oxygen atoms in total. The van der Waals surface area contributed by atoms with E-state index in [-0.39, 0.29) is 12.0 Å². The van der Waals surface area contributed by atoms with Crippen LogP contribution in [0.25, 0.3) is 0 Å². The van der Waals surface area contributed by atoms with Crippen molar-refractivity contribution in [1.82, 2.24) is 10.2 Å². The van der Waals surface area contributed by atoms with E-state index in [1.54, 1.807) is 0 Å². The molecule has 0 aromatic carbocycles. The normalized spacial score (nSPS) is 12.1. The van der Waals surface area contributed by atoms with Gasteiger partial charge in [-0.2, -0.15) is 0 Å². The average molecular weight is 215 g/mol. The Hall–Kier alpha value is -1.96. The summed E-state index contributed by atoms with van der Waals surface area (Å²) in [6, 6.07) is 0. The van der Waals surface area contributed by atoms with Gasteiger partial charge in [0.2, 0.25) is 0 Å². The van der Waals surface area contributed by atoms with Gasteiger partial charge in [0.15, 0.2) is 0 Å². The zero-order chi connectivity index (χ0) is 11.4. The maximum atomic E-state index is 10.8. The zero-order valence-electron chi connectivity index (χ0n) is 7.84. The van der Waals surface area contributed by atoms with Crippen LogP contribution in [0.15, 0.2) is 6.20 Å². The lowest BCUT2D eigenvalue weighted by Crippen LogP contribution is -2.08. The van der Waals surface area contributed by atoms with Gasteiger partial charge in [-0.1, -0.05) is 5.10 Å². The Morgan fingerprint density at radius 2 is 2.53 bits per heavy atom. The predicted molar refractivity (Wildman–Crippen MR) is 46.8 cm³/mol. The van der Waals surface area contributed by atoms with E-state index in [9.17, 15) is 20.0 Å². The second kappa shape index (κ2) is 4.51. The first-order valence-electron chi connectivity index (χ1n) is 3.98. The molecule has 0 bridgehead atoms. The van der Waals surface area contributed by atoms with Gasteiger partial charge in [-0.15, -0.1) is 5.10 Å². The molecule has 1 rings (SSSR count). The lowest BCUT2D eigenvalue weighted by atomic mass is 10.1. The Bertz CT molecular complexity index is 374.